The zero-order chi connectivity index (χ0) is 14.4. The third-order valence-electron chi connectivity index (χ3n) is 4.45. The second-order valence-corrected chi connectivity index (χ2v) is 5.78. The maximum absolute atomic E-state index is 12.3. The van der Waals surface area contributed by atoms with Crippen LogP contribution in [-0.4, -0.2) is 23.3 Å². The van der Waals surface area contributed by atoms with Crippen molar-refractivity contribution in [3.05, 3.63) is 71.3 Å². The Hall–Kier alpha value is -2.42. The number of rotatable bonds is 3. The summed E-state index contributed by atoms with van der Waals surface area (Å²) in [6.07, 6.45) is 1.05. The number of hydrogen-bond donors (Lipinski definition) is 0. The van der Waals surface area contributed by atoms with Crippen LogP contribution >= 0.6 is 0 Å². The standard InChI is InChI=1S/C18H15NO2/c20-17-14-8-4-5-9-15(14)18(21)19(17)11-13-10-16(13)12-6-2-1-3-7-12/h1-9,13,16H,10-11H2. The van der Waals surface area contributed by atoms with E-state index < -0.39 is 0 Å². The van der Waals surface area contributed by atoms with Gasteiger partial charge in [-0.05, 0) is 36.0 Å². The minimum atomic E-state index is -0.144. The zero-order valence-corrected chi connectivity index (χ0v) is 11.5. The molecular weight excluding hydrogens is 262 g/mol. The van der Waals surface area contributed by atoms with Crippen molar-refractivity contribution in [3.8, 4) is 0 Å². The third kappa shape index (κ3) is 1.97. The summed E-state index contributed by atoms with van der Waals surface area (Å²) in [6, 6.07) is 17.4. The lowest BCUT2D eigenvalue weighted by atomic mass is 10.1. The monoisotopic (exact) mass is 277 g/mol. The molecule has 2 aromatic rings. The quantitative estimate of drug-likeness (QED) is 0.808. The van der Waals surface area contributed by atoms with Gasteiger partial charge in [0.05, 0.1) is 11.1 Å². The molecule has 0 bridgehead atoms. The normalized spacial score (nSPS) is 23.3. The molecule has 1 aliphatic heterocycles. The van der Waals surface area contributed by atoms with E-state index in [2.05, 4.69) is 12.1 Å². The first-order chi connectivity index (χ1) is 10.3. The van der Waals surface area contributed by atoms with E-state index in [4.69, 9.17) is 0 Å². The van der Waals surface area contributed by atoms with Gasteiger partial charge in [0.1, 0.15) is 0 Å². The summed E-state index contributed by atoms with van der Waals surface area (Å²) in [4.78, 5) is 26.1. The fourth-order valence-electron chi connectivity index (χ4n) is 3.20. The van der Waals surface area contributed by atoms with Gasteiger partial charge in [0.25, 0.3) is 11.8 Å². The molecule has 2 amide bonds. The highest BCUT2D eigenvalue weighted by molar-refractivity contribution is 6.21. The molecule has 2 aliphatic rings. The van der Waals surface area contributed by atoms with Gasteiger partial charge in [-0.1, -0.05) is 42.5 Å². The molecule has 1 aliphatic carbocycles. The van der Waals surface area contributed by atoms with Crippen LogP contribution in [0.5, 0.6) is 0 Å². The lowest BCUT2D eigenvalue weighted by molar-refractivity contribution is 0.0646. The maximum Gasteiger partial charge on any atom is 0.261 e. The number of imide groups is 1. The van der Waals surface area contributed by atoms with Gasteiger partial charge in [-0.15, -0.1) is 0 Å². The van der Waals surface area contributed by atoms with Crippen LogP contribution in [0.4, 0.5) is 0 Å². The summed E-state index contributed by atoms with van der Waals surface area (Å²) >= 11 is 0. The molecule has 0 spiro atoms. The van der Waals surface area contributed by atoms with E-state index >= 15 is 0 Å². The minimum absolute atomic E-state index is 0.144. The fraction of sp³-hybridized carbons (Fsp3) is 0.222. The van der Waals surface area contributed by atoms with E-state index in [1.807, 2.05) is 18.2 Å². The van der Waals surface area contributed by atoms with Crippen LogP contribution in [-0.2, 0) is 0 Å². The Labute approximate surface area is 123 Å². The minimum Gasteiger partial charge on any atom is -0.274 e. The predicted molar refractivity (Wildman–Crippen MR) is 79.1 cm³/mol. The van der Waals surface area contributed by atoms with E-state index in [1.165, 1.54) is 10.5 Å². The number of carbonyl (C=O) groups is 2. The Kier molecular flexibility index (Phi) is 2.67. The maximum atomic E-state index is 12.3. The first-order valence-electron chi connectivity index (χ1n) is 7.26. The smallest absolute Gasteiger partial charge is 0.261 e. The molecule has 2 unspecified atom stereocenters. The number of carbonyl (C=O) groups excluding carboxylic acids is 2. The van der Waals surface area contributed by atoms with Gasteiger partial charge in [0, 0.05) is 6.54 Å². The van der Waals surface area contributed by atoms with Crippen molar-refractivity contribution in [1.29, 1.82) is 0 Å². The van der Waals surface area contributed by atoms with Crippen molar-refractivity contribution in [1.82, 2.24) is 4.90 Å². The van der Waals surface area contributed by atoms with Gasteiger partial charge in [0.15, 0.2) is 0 Å². The largest absolute Gasteiger partial charge is 0.274 e. The number of fused-ring (bicyclic) bond motifs is 1. The van der Waals surface area contributed by atoms with E-state index in [0.717, 1.165) is 6.42 Å². The molecule has 2 aromatic carbocycles. The van der Waals surface area contributed by atoms with Crippen LogP contribution < -0.4 is 0 Å². The Bertz CT molecular complexity index is 688. The van der Waals surface area contributed by atoms with Gasteiger partial charge >= 0.3 is 0 Å². The van der Waals surface area contributed by atoms with Crippen LogP contribution in [0.25, 0.3) is 0 Å². The molecule has 3 heteroatoms. The van der Waals surface area contributed by atoms with Crippen LogP contribution in [0.1, 0.15) is 38.6 Å². The molecule has 0 radical (unpaired) electrons. The molecule has 1 fully saturated rings. The van der Waals surface area contributed by atoms with Crippen LogP contribution in [0.2, 0.25) is 0 Å². The molecule has 1 heterocycles. The van der Waals surface area contributed by atoms with E-state index in [0.29, 0.717) is 29.5 Å². The summed E-state index contributed by atoms with van der Waals surface area (Å²) < 4.78 is 0. The van der Waals surface area contributed by atoms with Crippen molar-refractivity contribution < 1.29 is 9.59 Å². The second-order valence-electron chi connectivity index (χ2n) is 5.78. The number of hydrogen-bond acceptors (Lipinski definition) is 2. The highest BCUT2D eigenvalue weighted by Crippen LogP contribution is 2.48. The van der Waals surface area contributed by atoms with Gasteiger partial charge in [-0.2, -0.15) is 0 Å². The van der Waals surface area contributed by atoms with Crippen molar-refractivity contribution in [3.63, 3.8) is 0 Å². The van der Waals surface area contributed by atoms with Crippen molar-refractivity contribution in [2.45, 2.75) is 12.3 Å². The average molecular weight is 277 g/mol. The summed E-state index contributed by atoms with van der Waals surface area (Å²) in [5, 5.41) is 0. The molecule has 0 aromatic heterocycles. The Morgan fingerprint density at radius 2 is 1.43 bits per heavy atom. The second kappa shape index (κ2) is 4.55. The molecular formula is C18H15NO2. The highest BCUT2D eigenvalue weighted by atomic mass is 16.2. The Morgan fingerprint density at radius 1 is 0.857 bits per heavy atom. The van der Waals surface area contributed by atoms with E-state index in [9.17, 15) is 9.59 Å². The van der Waals surface area contributed by atoms with Crippen LogP contribution in [0.3, 0.4) is 0 Å². The van der Waals surface area contributed by atoms with Crippen LogP contribution in [0.15, 0.2) is 54.6 Å². The fourth-order valence-corrected chi connectivity index (χ4v) is 3.20. The summed E-state index contributed by atoms with van der Waals surface area (Å²) in [5.74, 6) is 0.591. The number of amides is 2. The molecule has 1 saturated carbocycles. The SMILES string of the molecule is O=C1c2ccccc2C(=O)N1CC1CC1c1ccccc1. The van der Waals surface area contributed by atoms with Crippen molar-refractivity contribution in [2.75, 3.05) is 6.54 Å². The van der Waals surface area contributed by atoms with Crippen molar-refractivity contribution >= 4 is 11.8 Å². The first-order valence-corrected chi connectivity index (χ1v) is 7.26. The molecule has 4 rings (SSSR count). The van der Waals surface area contributed by atoms with Crippen LogP contribution in [0, 0.1) is 5.92 Å². The molecule has 21 heavy (non-hydrogen) atoms. The van der Waals surface area contributed by atoms with Crippen molar-refractivity contribution in [2.24, 2.45) is 5.92 Å². The van der Waals surface area contributed by atoms with E-state index in [-0.39, 0.29) is 11.8 Å². The van der Waals surface area contributed by atoms with Gasteiger partial charge in [0.2, 0.25) is 0 Å². The third-order valence-corrected chi connectivity index (χ3v) is 4.45. The topological polar surface area (TPSA) is 37.4 Å². The van der Waals surface area contributed by atoms with Gasteiger partial charge in [-0.3, -0.25) is 14.5 Å². The lowest BCUT2D eigenvalue weighted by Crippen LogP contribution is -2.31. The molecule has 2 atom stereocenters. The molecule has 3 nitrogen and oxygen atoms in total. The first kappa shape index (κ1) is 12.3. The van der Waals surface area contributed by atoms with Gasteiger partial charge < -0.3 is 0 Å². The highest BCUT2D eigenvalue weighted by Gasteiger charge is 2.44. The van der Waals surface area contributed by atoms with Gasteiger partial charge in [-0.25, -0.2) is 0 Å². The summed E-state index contributed by atoms with van der Waals surface area (Å²) in [7, 11) is 0. The average Bonchev–Trinajstić information content (AvgIpc) is 3.27. The number of nitrogens with zero attached hydrogens (tertiary/aromatic N) is 1. The summed E-state index contributed by atoms with van der Waals surface area (Å²) in [6.45, 7) is 0.534. The summed E-state index contributed by atoms with van der Waals surface area (Å²) in [5.41, 5.74) is 2.39. The molecule has 0 N–H and O–H groups in total. The molecule has 104 valence electrons. The Balaban J connectivity index is 1.51. The Morgan fingerprint density at radius 3 is 2.05 bits per heavy atom. The lowest BCUT2D eigenvalue weighted by Gasteiger charge is -2.13. The molecule has 0 saturated heterocycles. The predicted octanol–water partition coefficient (Wildman–Crippen LogP) is 3.09. The van der Waals surface area contributed by atoms with E-state index in [1.54, 1.807) is 24.3 Å². The zero-order valence-electron chi connectivity index (χ0n) is 11.5. The number of benzene rings is 2.